The summed E-state index contributed by atoms with van der Waals surface area (Å²) in [7, 11) is 0. The summed E-state index contributed by atoms with van der Waals surface area (Å²) in [6, 6.07) is 0.629. The lowest BCUT2D eigenvalue weighted by Gasteiger charge is -2.36. The number of nitrogens with zero attached hydrogens (tertiary/aromatic N) is 2. The van der Waals surface area contributed by atoms with Crippen LogP contribution in [0.2, 0.25) is 0 Å². The van der Waals surface area contributed by atoms with Crippen molar-refractivity contribution in [1.82, 2.24) is 20.4 Å². The van der Waals surface area contributed by atoms with Crippen LogP contribution in [0.3, 0.4) is 0 Å². The number of piperidine rings is 1. The zero-order chi connectivity index (χ0) is 14.7. The Balaban J connectivity index is 1.62. The van der Waals surface area contributed by atoms with Crippen LogP contribution in [0, 0.1) is 0 Å². The number of urea groups is 1. The largest absolute Gasteiger partial charge is 0.335 e. The third kappa shape index (κ3) is 3.36. The Labute approximate surface area is 130 Å². The number of hydrogen-bond donors (Lipinski definition) is 2. The van der Waals surface area contributed by atoms with Crippen molar-refractivity contribution in [3.63, 3.8) is 0 Å². The van der Waals surface area contributed by atoms with Crippen molar-refractivity contribution >= 4 is 17.8 Å². The van der Waals surface area contributed by atoms with Crippen molar-refractivity contribution in [2.75, 3.05) is 12.8 Å². The first-order chi connectivity index (χ1) is 10.3. The first-order valence-corrected chi connectivity index (χ1v) is 9.15. The van der Waals surface area contributed by atoms with Gasteiger partial charge in [-0.1, -0.05) is 0 Å². The average molecular weight is 308 g/mol. The van der Waals surface area contributed by atoms with E-state index in [0.717, 1.165) is 37.8 Å². The molecule has 3 rings (SSSR count). The molecular weight excluding hydrogens is 284 g/mol. The second kappa shape index (κ2) is 6.73. The summed E-state index contributed by atoms with van der Waals surface area (Å²) in [5.74, 6) is 0. The van der Waals surface area contributed by atoms with E-state index in [9.17, 15) is 4.79 Å². The van der Waals surface area contributed by atoms with Crippen molar-refractivity contribution in [3.05, 3.63) is 18.0 Å². The molecule has 2 amide bonds. The Kier molecular flexibility index (Phi) is 4.73. The molecule has 2 fully saturated rings. The van der Waals surface area contributed by atoms with Crippen molar-refractivity contribution in [2.45, 2.75) is 55.9 Å². The molecule has 1 saturated heterocycles. The molecule has 1 saturated carbocycles. The fourth-order valence-corrected chi connectivity index (χ4v) is 4.30. The molecule has 116 valence electrons. The van der Waals surface area contributed by atoms with E-state index in [2.05, 4.69) is 21.8 Å². The van der Waals surface area contributed by atoms with Gasteiger partial charge in [-0.05, 0) is 44.8 Å². The summed E-state index contributed by atoms with van der Waals surface area (Å²) in [4.78, 5) is 14.6. The van der Waals surface area contributed by atoms with E-state index in [4.69, 9.17) is 0 Å². The molecule has 0 spiro atoms. The zero-order valence-electron chi connectivity index (χ0n) is 12.5. The molecule has 21 heavy (non-hydrogen) atoms. The minimum atomic E-state index is 0.104. The number of thioether (sulfide) groups is 1. The van der Waals surface area contributed by atoms with Gasteiger partial charge in [-0.15, -0.1) is 0 Å². The number of likely N-dealkylation sites (tertiary alicyclic amines) is 1. The number of H-pyrrole nitrogens is 1. The van der Waals surface area contributed by atoms with Crippen molar-refractivity contribution < 1.29 is 4.79 Å². The first-order valence-electron chi connectivity index (χ1n) is 7.86. The van der Waals surface area contributed by atoms with Gasteiger partial charge in [0.15, 0.2) is 0 Å². The van der Waals surface area contributed by atoms with E-state index in [-0.39, 0.29) is 12.1 Å². The van der Waals surface area contributed by atoms with Crippen LogP contribution in [0.4, 0.5) is 4.79 Å². The van der Waals surface area contributed by atoms with Gasteiger partial charge in [0.05, 0.1) is 12.2 Å². The Morgan fingerprint density at radius 3 is 3.05 bits per heavy atom. The maximum Gasteiger partial charge on any atom is 0.318 e. The molecule has 1 aliphatic heterocycles. The molecule has 1 aromatic heterocycles. The number of hydrogen-bond acceptors (Lipinski definition) is 3. The molecule has 1 aromatic rings. The fraction of sp³-hybridized carbons (Fsp3) is 0.733. The highest BCUT2D eigenvalue weighted by molar-refractivity contribution is 7.99. The minimum absolute atomic E-state index is 0.104. The van der Waals surface area contributed by atoms with Crippen LogP contribution in [0.15, 0.2) is 12.4 Å². The van der Waals surface area contributed by atoms with Crippen molar-refractivity contribution in [1.29, 1.82) is 0 Å². The standard InChI is InChI=1S/C15H24N4OS/c1-21-13-6-5-12(8-13)18-15(20)19-7-3-2-4-14(19)11-9-16-17-10-11/h9-10,12-14H,2-8H2,1H3,(H,16,17)(H,18,20)/t12-,13-,14+/m1/s1. The molecule has 0 bridgehead atoms. The molecule has 0 aromatic carbocycles. The second-order valence-electron chi connectivity index (χ2n) is 6.05. The number of nitrogens with one attached hydrogen (secondary N) is 2. The van der Waals surface area contributed by atoms with Crippen LogP contribution in [0.1, 0.15) is 50.1 Å². The third-order valence-corrected chi connectivity index (χ3v) is 5.81. The highest BCUT2D eigenvalue weighted by Gasteiger charge is 2.31. The Bertz CT molecular complexity index is 464. The van der Waals surface area contributed by atoms with Crippen molar-refractivity contribution in [3.8, 4) is 0 Å². The van der Waals surface area contributed by atoms with Gasteiger partial charge in [0, 0.05) is 29.6 Å². The third-order valence-electron chi connectivity index (χ3n) is 4.71. The quantitative estimate of drug-likeness (QED) is 0.902. The van der Waals surface area contributed by atoms with Crippen LogP contribution in [-0.2, 0) is 0 Å². The van der Waals surface area contributed by atoms with Crippen LogP contribution in [0.5, 0.6) is 0 Å². The van der Waals surface area contributed by atoms with Gasteiger partial charge in [0.25, 0.3) is 0 Å². The van der Waals surface area contributed by atoms with Crippen LogP contribution in [-0.4, -0.2) is 45.2 Å². The van der Waals surface area contributed by atoms with Gasteiger partial charge in [-0.2, -0.15) is 16.9 Å². The summed E-state index contributed by atoms with van der Waals surface area (Å²) in [6.07, 6.45) is 12.7. The van der Waals surface area contributed by atoms with Crippen LogP contribution in [0.25, 0.3) is 0 Å². The Hall–Kier alpha value is -1.17. The van der Waals surface area contributed by atoms with Crippen LogP contribution < -0.4 is 5.32 Å². The SMILES string of the molecule is CS[C@@H]1CC[C@@H](NC(=O)N2CCCC[C@H]2c2cn[nH]c2)C1. The maximum absolute atomic E-state index is 12.6. The Morgan fingerprint density at radius 1 is 1.43 bits per heavy atom. The number of carbonyl (C=O) groups is 1. The number of aromatic amines is 1. The summed E-state index contributed by atoms with van der Waals surface area (Å²) in [5, 5.41) is 10.8. The summed E-state index contributed by atoms with van der Waals surface area (Å²) >= 11 is 1.92. The summed E-state index contributed by atoms with van der Waals surface area (Å²) in [6.45, 7) is 0.848. The topological polar surface area (TPSA) is 61.0 Å². The number of rotatable bonds is 3. The van der Waals surface area contributed by atoms with Crippen molar-refractivity contribution in [2.24, 2.45) is 0 Å². The molecule has 3 atom stereocenters. The molecule has 2 aliphatic rings. The lowest BCUT2D eigenvalue weighted by atomic mass is 9.98. The van der Waals surface area contributed by atoms with Gasteiger partial charge < -0.3 is 10.2 Å². The van der Waals surface area contributed by atoms with E-state index in [1.165, 1.54) is 12.8 Å². The molecule has 2 N–H and O–H groups in total. The van der Waals surface area contributed by atoms with Gasteiger partial charge in [-0.25, -0.2) is 4.79 Å². The molecule has 1 aliphatic carbocycles. The summed E-state index contributed by atoms with van der Waals surface area (Å²) < 4.78 is 0. The molecule has 2 heterocycles. The van der Waals surface area contributed by atoms with E-state index in [1.54, 1.807) is 0 Å². The molecule has 6 heteroatoms. The highest BCUT2D eigenvalue weighted by Crippen LogP contribution is 2.32. The molecule has 5 nitrogen and oxygen atoms in total. The average Bonchev–Trinajstić information content (AvgIpc) is 3.18. The van der Waals surface area contributed by atoms with E-state index in [1.807, 2.05) is 29.1 Å². The van der Waals surface area contributed by atoms with E-state index in [0.29, 0.717) is 11.3 Å². The van der Waals surface area contributed by atoms with E-state index < -0.39 is 0 Å². The van der Waals surface area contributed by atoms with Gasteiger partial charge >= 0.3 is 6.03 Å². The monoisotopic (exact) mass is 308 g/mol. The number of amides is 2. The zero-order valence-corrected chi connectivity index (χ0v) is 13.4. The molecule has 0 radical (unpaired) electrons. The summed E-state index contributed by atoms with van der Waals surface area (Å²) in [5.41, 5.74) is 1.12. The van der Waals surface area contributed by atoms with Gasteiger partial charge in [0.1, 0.15) is 0 Å². The smallest absolute Gasteiger partial charge is 0.318 e. The van der Waals surface area contributed by atoms with Gasteiger partial charge in [-0.3, -0.25) is 5.10 Å². The number of carbonyl (C=O) groups excluding carboxylic acids is 1. The highest BCUT2D eigenvalue weighted by atomic mass is 32.2. The molecular formula is C15H24N4OS. The normalized spacial score (nSPS) is 29.6. The predicted octanol–water partition coefficient (Wildman–Crippen LogP) is 2.93. The van der Waals surface area contributed by atoms with Gasteiger partial charge in [0.2, 0.25) is 0 Å². The fourth-order valence-electron chi connectivity index (χ4n) is 3.51. The predicted molar refractivity (Wildman–Crippen MR) is 85.4 cm³/mol. The second-order valence-corrected chi connectivity index (χ2v) is 7.19. The Morgan fingerprint density at radius 2 is 2.33 bits per heavy atom. The maximum atomic E-state index is 12.6. The minimum Gasteiger partial charge on any atom is -0.335 e. The first kappa shape index (κ1) is 14.8. The molecule has 0 unspecified atom stereocenters. The lowest BCUT2D eigenvalue weighted by Crippen LogP contribution is -2.47. The lowest BCUT2D eigenvalue weighted by molar-refractivity contribution is 0.148. The van der Waals surface area contributed by atoms with E-state index >= 15 is 0 Å². The number of aromatic nitrogens is 2. The van der Waals surface area contributed by atoms with Crippen LogP contribution >= 0.6 is 11.8 Å².